The Bertz CT molecular complexity index is 553. The second-order valence-electron chi connectivity index (χ2n) is 5.11. The summed E-state index contributed by atoms with van der Waals surface area (Å²) in [5, 5.41) is 11.2. The summed E-state index contributed by atoms with van der Waals surface area (Å²) in [6.07, 6.45) is -0.0174. The number of hydrogen-bond acceptors (Lipinski definition) is 5. The van der Waals surface area contributed by atoms with E-state index in [4.69, 9.17) is 9.47 Å². The summed E-state index contributed by atoms with van der Waals surface area (Å²) in [6, 6.07) is 3.12. The van der Waals surface area contributed by atoms with Gasteiger partial charge in [0.15, 0.2) is 0 Å². The quantitative estimate of drug-likeness (QED) is 0.481. The van der Waals surface area contributed by atoms with E-state index < -0.39 is 11.0 Å². The fraction of sp³-hybridized carbons (Fsp3) is 0.500. The molecule has 1 aromatic carbocycles. The highest BCUT2D eigenvalue weighted by Crippen LogP contribution is 2.36. The average molecular weight is 279 g/mol. The number of carbonyl (C=O) groups excluding carboxylic acids is 1. The molecule has 1 aliphatic heterocycles. The monoisotopic (exact) mass is 279 g/mol. The Balaban J connectivity index is 2.34. The highest BCUT2D eigenvalue weighted by Gasteiger charge is 2.27. The Kier molecular flexibility index (Phi) is 3.92. The van der Waals surface area contributed by atoms with Gasteiger partial charge in [0.05, 0.1) is 23.0 Å². The van der Waals surface area contributed by atoms with Gasteiger partial charge in [-0.05, 0) is 13.0 Å². The molecule has 6 heteroatoms. The maximum absolute atomic E-state index is 11.6. The van der Waals surface area contributed by atoms with Crippen molar-refractivity contribution >= 4 is 11.7 Å². The maximum atomic E-state index is 11.6. The number of hydrogen-bond donors (Lipinski definition) is 0. The lowest BCUT2D eigenvalue weighted by molar-refractivity contribution is -0.386. The highest BCUT2D eigenvalue weighted by molar-refractivity contribution is 5.72. The van der Waals surface area contributed by atoms with Gasteiger partial charge >= 0.3 is 5.97 Å². The van der Waals surface area contributed by atoms with Crippen molar-refractivity contribution in [1.29, 1.82) is 0 Å². The Morgan fingerprint density at radius 3 is 2.70 bits per heavy atom. The number of nitrogens with zero attached hydrogens (tertiary/aromatic N) is 1. The Hall–Kier alpha value is -2.11. The number of nitro groups is 1. The van der Waals surface area contributed by atoms with Gasteiger partial charge in [-0.1, -0.05) is 13.8 Å². The van der Waals surface area contributed by atoms with E-state index in [0.717, 1.165) is 5.56 Å². The van der Waals surface area contributed by atoms with Gasteiger partial charge in [0.2, 0.25) is 0 Å². The summed E-state index contributed by atoms with van der Waals surface area (Å²) in [7, 11) is 0. The van der Waals surface area contributed by atoms with Crippen molar-refractivity contribution < 1.29 is 19.2 Å². The number of ether oxygens (including phenoxy) is 2. The molecule has 2 rings (SSSR count). The normalized spacial score (nSPS) is 14.6. The second-order valence-corrected chi connectivity index (χ2v) is 5.11. The summed E-state index contributed by atoms with van der Waals surface area (Å²) in [6.45, 7) is 5.59. The molecule has 6 nitrogen and oxygen atoms in total. The summed E-state index contributed by atoms with van der Waals surface area (Å²) < 4.78 is 10.7. The van der Waals surface area contributed by atoms with Gasteiger partial charge in [-0.15, -0.1) is 0 Å². The van der Waals surface area contributed by atoms with Crippen LogP contribution in [0.2, 0.25) is 0 Å². The van der Waals surface area contributed by atoms with Gasteiger partial charge in [0, 0.05) is 18.1 Å². The molecule has 0 spiro atoms. The van der Waals surface area contributed by atoms with Crippen LogP contribution < -0.4 is 4.74 Å². The van der Waals surface area contributed by atoms with Gasteiger partial charge in [-0.3, -0.25) is 14.9 Å². The van der Waals surface area contributed by atoms with E-state index >= 15 is 0 Å². The van der Waals surface area contributed by atoms with Crippen molar-refractivity contribution in [1.82, 2.24) is 0 Å². The van der Waals surface area contributed by atoms with E-state index in [1.165, 1.54) is 6.07 Å². The Labute approximate surface area is 116 Å². The molecule has 0 saturated heterocycles. The van der Waals surface area contributed by atoms with Gasteiger partial charge in [-0.2, -0.15) is 0 Å². The smallest absolute Gasteiger partial charge is 0.308 e. The largest absolute Gasteiger partial charge is 0.493 e. The topological polar surface area (TPSA) is 78.7 Å². The minimum absolute atomic E-state index is 0.0293. The van der Waals surface area contributed by atoms with Crippen LogP contribution in [-0.2, 0) is 16.0 Å². The van der Waals surface area contributed by atoms with E-state index in [1.54, 1.807) is 26.8 Å². The summed E-state index contributed by atoms with van der Waals surface area (Å²) in [4.78, 5) is 22.3. The highest BCUT2D eigenvalue weighted by atomic mass is 16.6. The summed E-state index contributed by atoms with van der Waals surface area (Å²) in [5.41, 5.74) is 1.16. The minimum atomic E-state index is -0.681. The molecule has 0 saturated carbocycles. The Morgan fingerprint density at radius 2 is 2.10 bits per heavy atom. The number of esters is 1. The van der Waals surface area contributed by atoms with Crippen LogP contribution in [0.5, 0.6) is 5.75 Å². The summed E-state index contributed by atoms with van der Waals surface area (Å²) >= 11 is 0. The van der Waals surface area contributed by atoms with Crippen LogP contribution in [0.25, 0.3) is 0 Å². The van der Waals surface area contributed by atoms with Crippen LogP contribution >= 0.6 is 0 Å². The molecule has 1 heterocycles. The molecule has 0 amide bonds. The van der Waals surface area contributed by atoms with Crippen LogP contribution in [0.1, 0.15) is 38.0 Å². The first-order chi connectivity index (χ1) is 9.40. The molecular formula is C14H17NO5. The third-order valence-corrected chi connectivity index (χ3v) is 3.24. The molecule has 0 aromatic heterocycles. The van der Waals surface area contributed by atoms with Crippen LogP contribution in [0.15, 0.2) is 12.1 Å². The zero-order valence-electron chi connectivity index (χ0n) is 11.7. The second kappa shape index (κ2) is 5.48. The molecule has 20 heavy (non-hydrogen) atoms. The number of fused-ring (bicyclic) bond motifs is 1. The number of rotatable bonds is 4. The third-order valence-electron chi connectivity index (χ3n) is 3.24. The first kappa shape index (κ1) is 14.3. The number of nitro benzene ring substituents is 1. The van der Waals surface area contributed by atoms with Crippen molar-refractivity contribution in [3.8, 4) is 5.75 Å². The van der Waals surface area contributed by atoms with Crippen molar-refractivity contribution in [2.75, 3.05) is 6.61 Å². The lowest BCUT2D eigenvalue weighted by Crippen LogP contribution is -2.15. The Morgan fingerprint density at radius 1 is 1.40 bits per heavy atom. The van der Waals surface area contributed by atoms with E-state index in [1.807, 2.05) is 0 Å². The van der Waals surface area contributed by atoms with E-state index in [2.05, 4.69) is 0 Å². The number of carbonyl (C=O) groups is 1. The summed E-state index contributed by atoms with van der Waals surface area (Å²) in [5.74, 6) is -0.0200. The molecule has 0 aliphatic carbocycles. The van der Waals surface area contributed by atoms with Crippen molar-refractivity contribution in [3.63, 3.8) is 0 Å². The zero-order valence-corrected chi connectivity index (χ0v) is 11.7. The first-order valence-electron chi connectivity index (χ1n) is 6.54. The van der Waals surface area contributed by atoms with Crippen molar-refractivity contribution in [2.24, 2.45) is 5.92 Å². The van der Waals surface area contributed by atoms with Crippen molar-refractivity contribution in [3.05, 3.63) is 33.4 Å². The van der Waals surface area contributed by atoms with E-state index in [-0.39, 0.29) is 17.6 Å². The maximum Gasteiger partial charge on any atom is 0.308 e. The van der Waals surface area contributed by atoms with Gasteiger partial charge in [0.25, 0.3) is 5.69 Å². The van der Waals surface area contributed by atoms with Crippen LogP contribution in [-0.4, -0.2) is 17.5 Å². The predicted octanol–water partition coefficient (Wildman–Crippen LogP) is 2.79. The lowest BCUT2D eigenvalue weighted by atomic mass is 10.0. The molecule has 1 unspecified atom stereocenters. The predicted molar refractivity (Wildman–Crippen MR) is 71.6 cm³/mol. The fourth-order valence-corrected chi connectivity index (χ4v) is 2.09. The molecule has 0 fully saturated rings. The first-order valence-corrected chi connectivity index (χ1v) is 6.54. The number of benzene rings is 1. The lowest BCUT2D eigenvalue weighted by Gasteiger charge is -2.16. The third kappa shape index (κ3) is 2.74. The van der Waals surface area contributed by atoms with Crippen molar-refractivity contribution in [2.45, 2.75) is 33.3 Å². The van der Waals surface area contributed by atoms with Crippen LogP contribution in [0.3, 0.4) is 0 Å². The average Bonchev–Trinajstić information content (AvgIpc) is 2.83. The molecule has 1 aromatic rings. The standard InChI is InChI=1S/C14H17NO5/c1-8(2)14(16)20-9(3)11-7-13-10(4-5-19-13)6-12(11)15(17)18/h6-9H,4-5H2,1-3H3. The molecule has 0 N–H and O–H groups in total. The van der Waals surface area contributed by atoms with E-state index in [9.17, 15) is 14.9 Å². The SMILES string of the molecule is CC(C)C(=O)OC(C)c1cc2c(cc1[N+](=O)[O-])CCO2. The zero-order chi connectivity index (χ0) is 14.9. The van der Waals surface area contributed by atoms with Crippen LogP contribution in [0.4, 0.5) is 5.69 Å². The van der Waals surface area contributed by atoms with E-state index in [0.29, 0.717) is 24.3 Å². The van der Waals surface area contributed by atoms with Gasteiger partial charge in [0.1, 0.15) is 11.9 Å². The van der Waals surface area contributed by atoms with Gasteiger partial charge < -0.3 is 9.47 Å². The fourth-order valence-electron chi connectivity index (χ4n) is 2.09. The molecule has 108 valence electrons. The molecule has 1 aliphatic rings. The molecular weight excluding hydrogens is 262 g/mol. The molecule has 0 bridgehead atoms. The minimum Gasteiger partial charge on any atom is -0.493 e. The molecule has 0 radical (unpaired) electrons. The van der Waals surface area contributed by atoms with Gasteiger partial charge in [-0.25, -0.2) is 0 Å². The molecule has 1 atom stereocenters. The van der Waals surface area contributed by atoms with Crippen LogP contribution in [0, 0.1) is 16.0 Å².